The lowest BCUT2D eigenvalue weighted by molar-refractivity contribution is -0.0774. The van der Waals surface area contributed by atoms with Crippen LogP contribution in [-0.4, -0.2) is 30.4 Å². The molecule has 0 spiro atoms. The fourth-order valence-corrected chi connectivity index (χ4v) is 1.11. The zero-order valence-corrected chi connectivity index (χ0v) is 8.97. The fraction of sp³-hybridized carbons (Fsp3) is 0.273. The number of carboxylic acid groups (broad SMARTS) is 1. The summed E-state index contributed by atoms with van der Waals surface area (Å²) in [7, 11) is 1.39. The van der Waals surface area contributed by atoms with Crippen molar-refractivity contribution in [2.75, 3.05) is 7.11 Å². The molecule has 0 saturated heterocycles. The summed E-state index contributed by atoms with van der Waals surface area (Å²) in [6.07, 6.45) is -0.714. The smallest absolute Gasteiger partial charge is 0.341 e. The lowest BCUT2D eigenvalue weighted by Gasteiger charge is -2.11. The first-order chi connectivity index (χ1) is 7.56. The fourth-order valence-electron chi connectivity index (χ4n) is 1.11. The number of carbonyl (C=O) groups excluding carboxylic acids is 1. The van der Waals surface area contributed by atoms with E-state index in [1.807, 2.05) is 0 Å². The van der Waals surface area contributed by atoms with Crippen LogP contribution in [0.4, 0.5) is 0 Å². The van der Waals surface area contributed by atoms with E-state index in [0.29, 0.717) is 0 Å². The molecule has 0 aromatic heterocycles. The molecule has 0 aliphatic carbocycles. The zero-order chi connectivity index (χ0) is 12.1. The van der Waals surface area contributed by atoms with Crippen molar-refractivity contribution in [2.45, 2.75) is 13.2 Å². The molecule has 5 heteroatoms. The molecule has 5 nitrogen and oxygen atoms in total. The maximum absolute atomic E-state index is 11.6. The monoisotopic (exact) mass is 224 g/mol. The number of carbonyl (C=O) groups is 2. The maximum atomic E-state index is 11.6. The molecule has 16 heavy (non-hydrogen) atoms. The second-order valence-corrected chi connectivity index (χ2v) is 3.06. The van der Waals surface area contributed by atoms with Gasteiger partial charge in [-0.3, -0.25) is 0 Å². The normalized spacial score (nSPS) is 11.9. The number of hydrogen-bond donors (Lipinski definition) is 1. The first kappa shape index (κ1) is 12.2. The van der Waals surface area contributed by atoms with Gasteiger partial charge in [0.2, 0.25) is 0 Å². The lowest BCUT2D eigenvalue weighted by atomic mass is 10.1. The minimum Gasteiger partial charge on any atom is -0.478 e. The maximum Gasteiger partial charge on any atom is 0.341 e. The van der Waals surface area contributed by atoms with Crippen molar-refractivity contribution < 1.29 is 24.2 Å². The first-order valence-electron chi connectivity index (χ1n) is 4.62. The van der Waals surface area contributed by atoms with Gasteiger partial charge in [-0.05, 0) is 19.1 Å². The summed E-state index contributed by atoms with van der Waals surface area (Å²) in [5.74, 6) is -1.88. The van der Waals surface area contributed by atoms with Crippen LogP contribution in [0.5, 0.6) is 0 Å². The van der Waals surface area contributed by atoms with E-state index < -0.39 is 18.2 Å². The van der Waals surface area contributed by atoms with Gasteiger partial charge < -0.3 is 14.6 Å². The van der Waals surface area contributed by atoms with Gasteiger partial charge >= 0.3 is 11.9 Å². The Bertz CT molecular complexity index is 399. The molecule has 0 aliphatic heterocycles. The Morgan fingerprint density at radius 1 is 1.25 bits per heavy atom. The molecule has 0 heterocycles. The molecule has 86 valence electrons. The standard InChI is InChI=1S/C11H12O5/c1-7(15-2)16-11(14)9-6-4-3-5-8(9)10(12)13/h3-7H,1-2H3,(H,12,13). The highest BCUT2D eigenvalue weighted by molar-refractivity contribution is 6.02. The Balaban J connectivity index is 2.95. The number of ether oxygens (including phenoxy) is 2. The average molecular weight is 224 g/mol. The molecule has 0 radical (unpaired) electrons. The van der Waals surface area contributed by atoms with Crippen molar-refractivity contribution in [3.8, 4) is 0 Å². The highest BCUT2D eigenvalue weighted by Gasteiger charge is 2.18. The molecule has 0 fully saturated rings. The summed E-state index contributed by atoms with van der Waals surface area (Å²) in [5, 5.41) is 8.87. The van der Waals surface area contributed by atoms with E-state index in [2.05, 4.69) is 0 Å². The number of carboxylic acids is 1. The van der Waals surface area contributed by atoms with Crippen LogP contribution in [0, 0.1) is 0 Å². The van der Waals surface area contributed by atoms with Gasteiger partial charge in [0.1, 0.15) is 0 Å². The Morgan fingerprint density at radius 2 is 1.81 bits per heavy atom. The third-order valence-electron chi connectivity index (χ3n) is 1.98. The van der Waals surface area contributed by atoms with E-state index in [1.54, 1.807) is 19.1 Å². The second kappa shape index (κ2) is 5.27. The molecule has 1 N–H and O–H groups in total. The molecule has 0 amide bonds. The molecule has 0 bridgehead atoms. The van der Waals surface area contributed by atoms with Crippen molar-refractivity contribution in [2.24, 2.45) is 0 Å². The molecule has 0 saturated carbocycles. The zero-order valence-electron chi connectivity index (χ0n) is 8.97. The van der Waals surface area contributed by atoms with Crippen LogP contribution in [0.3, 0.4) is 0 Å². The summed E-state index contributed by atoms with van der Waals surface area (Å²) in [5.41, 5.74) is -0.0743. The SMILES string of the molecule is COC(C)OC(=O)c1ccccc1C(=O)O. The number of benzene rings is 1. The lowest BCUT2D eigenvalue weighted by Crippen LogP contribution is -2.18. The van der Waals surface area contributed by atoms with Gasteiger partial charge in [-0.25, -0.2) is 9.59 Å². The second-order valence-electron chi connectivity index (χ2n) is 3.06. The summed E-state index contributed by atoms with van der Waals surface area (Å²) in [6.45, 7) is 1.54. The van der Waals surface area contributed by atoms with Crippen LogP contribution >= 0.6 is 0 Å². The average Bonchev–Trinajstić information content (AvgIpc) is 2.28. The van der Waals surface area contributed by atoms with E-state index in [9.17, 15) is 9.59 Å². The number of aromatic carboxylic acids is 1. The van der Waals surface area contributed by atoms with Crippen LogP contribution in [0.25, 0.3) is 0 Å². The quantitative estimate of drug-likeness (QED) is 0.620. The largest absolute Gasteiger partial charge is 0.478 e. The van der Waals surface area contributed by atoms with Gasteiger partial charge in [-0.15, -0.1) is 0 Å². The van der Waals surface area contributed by atoms with E-state index >= 15 is 0 Å². The predicted molar refractivity (Wildman–Crippen MR) is 55.3 cm³/mol. The summed E-state index contributed by atoms with van der Waals surface area (Å²) < 4.78 is 9.60. The van der Waals surface area contributed by atoms with Crippen molar-refractivity contribution in [1.82, 2.24) is 0 Å². The van der Waals surface area contributed by atoms with Crippen molar-refractivity contribution in [3.63, 3.8) is 0 Å². The molecule has 1 aromatic rings. The third kappa shape index (κ3) is 2.80. The molecule has 1 aromatic carbocycles. The van der Waals surface area contributed by atoms with Gasteiger partial charge in [-0.1, -0.05) is 12.1 Å². The minimum atomic E-state index is -1.17. The van der Waals surface area contributed by atoms with E-state index in [1.165, 1.54) is 19.2 Å². The molecular formula is C11H12O5. The number of rotatable bonds is 4. The highest BCUT2D eigenvalue weighted by atomic mass is 16.7. The topological polar surface area (TPSA) is 72.8 Å². The number of hydrogen-bond acceptors (Lipinski definition) is 4. The van der Waals surface area contributed by atoms with Gasteiger partial charge in [-0.2, -0.15) is 0 Å². The summed E-state index contributed by atoms with van der Waals surface area (Å²) in [4.78, 5) is 22.4. The molecule has 1 rings (SSSR count). The van der Waals surface area contributed by atoms with E-state index in [-0.39, 0.29) is 11.1 Å². The summed E-state index contributed by atoms with van der Waals surface area (Å²) >= 11 is 0. The van der Waals surface area contributed by atoms with Gasteiger partial charge in [0, 0.05) is 7.11 Å². The third-order valence-corrected chi connectivity index (χ3v) is 1.98. The molecule has 1 unspecified atom stereocenters. The van der Waals surface area contributed by atoms with E-state index in [4.69, 9.17) is 14.6 Å². The Kier molecular flexibility index (Phi) is 4.02. The van der Waals surface area contributed by atoms with Crippen LogP contribution in [0.2, 0.25) is 0 Å². The van der Waals surface area contributed by atoms with Crippen LogP contribution in [0.15, 0.2) is 24.3 Å². The molecule has 0 aliphatic rings. The minimum absolute atomic E-state index is 0.0129. The molecule has 1 atom stereocenters. The Hall–Kier alpha value is -1.88. The predicted octanol–water partition coefficient (Wildman–Crippen LogP) is 1.53. The van der Waals surface area contributed by atoms with Crippen molar-refractivity contribution in [3.05, 3.63) is 35.4 Å². The van der Waals surface area contributed by atoms with Crippen molar-refractivity contribution >= 4 is 11.9 Å². The van der Waals surface area contributed by atoms with Crippen LogP contribution in [-0.2, 0) is 9.47 Å². The van der Waals surface area contributed by atoms with E-state index in [0.717, 1.165) is 0 Å². The molecular weight excluding hydrogens is 212 g/mol. The highest BCUT2D eigenvalue weighted by Crippen LogP contribution is 2.11. The van der Waals surface area contributed by atoms with Gasteiger partial charge in [0.25, 0.3) is 0 Å². The van der Waals surface area contributed by atoms with Gasteiger partial charge in [0.05, 0.1) is 11.1 Å². The van der Waals surface area contributed by atoms with Crippen LogP contribution < -0.4 is 0 Å². The van der Waals surface area contributed by atoms with Gasteiger partial charge in [0.15, 0.2) is 6.29 Å². The Morgan fingerprint density at radius 3 is 2.31 bits per heavy atom. The van der Waals surface area contributed by atoms with Crippen molar-refractivity contribution in [1.29, 1.82) is 0 Å². The first-order valence-corrected chi connectivity index (χ1v) is 4.62. The number of esters is 1. The Labute approximate surface area is 92.6 Å². The summed E-state index contributed by atoms with van der Waals surface area (Å²) in [6, 6.07) is 5.85. The van der Waals surface area contributed by atoms with Crippen LogP contribution in [0.1, 0.15) is 27.6 Å². The number of methoxy groups -OCH3 is 1.